The van der Waals surface area contributed by atoms with Gasteiger partial charge in [-0.05, 0) is 52.3 Å². The van der Waals surface area contributed by atoms with Crippen LogP contribution in [0.1, 0.15) is 42.1 Å². The van der Waals surface area contributed by atoms with Gasteiger partial charge in [-0.25, -0.2) is 0 Å². The van der Waals surface area contributed by atoms with Gasteiger partial charge in [0.1, 0.15) is 5.78 Å². The number of aromatic amines is 1. The molecule has 1 aliphatic rings. The standard InChI is InChI=1S/C21H26N2O2/c1-15-13-22-19(16(2)20(15)25)14-23-11-9-21(10-12-23,17(3)24)18-7-5-4-6-8-18/h4-8,13H,9-12,14H2,1-3H3,(H,22,25). The number of carbonyl (C=O) groups is 1. The van der Waals surface area contributed by atoms with Crippen molar-refractivity contribution in [3.8, 4) is 0 Å². The highest BCUT2D eigenvalue weighted by molar-refractivity contribution is 5.88. The van der Waals surface area contributed by atoms with E-state index >= 15 is 0 Å². The lowest BCUT2D eigenvalue weighted by Crippen LogP contribution is -2.46. The number of hydrogen-bond acceptors (Lipinski definition) is 3. The molecule has 4 nitrogen and oxygen atoms in total. The summed E-state index contributed by atoms with van der Waals surface area (Å²) in [4.78, 5) is 30.2. The molecule has 2 heterocycles. The molecule has 0 unspecified atom stereocenters. The Morgan fingerprint density at radius 3 is 2.40 bits per heavy atom. The molecule has 0 atom stereocenters. The van der Waals surface area contributed by atoms with E-state index < -0.39 is 0 Å². The van der Waals surface area contributed by atoms with Crippen molar-refractivity contribution in [3.05, 3.63) is 69.1 Å². The molecule has 0 bridgehead atoms. The van der Waals surface area contributed by atoms with Crippen LogP contribution in [0.2, 0.25) is 0 Å². The predicted molar refractivity (Wildman–Crippen MR) is 99.8 cm³/mol. The second kappa shape index (κ2) is 6.96. The van der Waals surface area contributed by atoms with Gasteiger partial charge in [0, 0.05) is 29.6 Å². The predicted octanol–water partition coefficient (Wildman–Crippen LogP) is 3.11. The lowest BCUT2D eigenvalue weighted by molar-refractivity contribution is -0.124. The fraction of sp³-hybridized carbons (Fsp3) is 0.429. The van der Waals surface area contributed by atoms with Gasteiger partial charge in [-0.1, -0.05) is 30.3 Å². The van der Waals surface area contributed by atoms with Crippen LogP contribution in [0.3, 0.4) is 0 Å². The molecule has 0 saturated carbocycles. The molecule has 1 N–H and O–H groups in total. The summed E-state index contributed by atoms with van der Waals surface area (Å²) in [5.41, 5.74) is 3.40. The molecule has 132 valence electrons. The summed E-state index contributed by atoms with van der Waals surface area (Å²) in [5, 5.41) is 0. The van der Waals surface area contributed by atoms with E-state index in [0.29, 0.717) is 0 Å². The minimum absolute atomic E-state index is 0.119. The molecular formula is C21H26N2O2. The molecule has 1 saturated heterocycles. The number of nitrogens with one attached hydrogen (secondary N) is 1. The smallest absolute Gasteiger partial charge is 0.187 e. The molecule has 0 amide bonds. The minimum atomic E-state index is -0.368. The van der Waals surface area contributed by atoms with Gasteiger partial charge < -0.3 is 4.98 Å². The van der Waals surface area contributed by atoms with Crippen molar-refractivity contribution in [1.29, 1.82) is 0 Å². The monoisotopic (exact) mass is 338 g/mol. The van der Waals surface area contributed by atoms with Crippen LogP contribution in [0, 0.1) is 13.8 Å². The quantitative estimate of drug-likeness (QED) is 0.932. The van der Waals surface area contributed by atoms with E-state index in [9.17, 15) is 9.59 Å². The zero-order chi connectivity index (χ0) is 18.0. The maximum absolute atomic E-state index is 12.5. The number of aromatic nitrogens is 1. The molecule has 3 rings (SSSR count). The highest BCUT2D eigenvalue weighted by Gasteiger charge is 2.40. The number of hydrogen-bond donors (Lipinski definition) is 1. The first-order valence-electron chi connectivity index (χ1n) is 8.91. The van der Waals surface area contributed by atoms with Crippen molar-refractivity contribution in [3.63, 3.8) is 0 Å². The van der Waals surface area contributed by atoms with E-state index in [1.807, 2.05) is 32.0 Å². The first kappa shape index (κ1) is 17.6. The highest BCUT2D eigenvalue weighted by Crippen LogP contribution is 2.36. The van der Waals surface area contributed by atoms with Gasteiger partial charge in [0.25, 0.3) is 0 Å². The number of likely N-dealkylation sites (tertiary alicyclic amines) is 1. The number of rotatable bonds is 4. The molecule has 1 aliphatic heterocycles. The van der Waals surface area contributed by atoms with E-state index in [-0.39, 0.29) is 16.6 Å². The number of piperidine rings is 1. The Bertz CT molecular complexity index is 816. The van der Waals surface area contributed by atoms with Crippen LogP contribution in [0.15, 0.2) is 41.3 Å². The van der Waals surface area contributed by atoms with Crippen LogP contribution in [0.5, 0.6) is 0 Å². The van der Waals surface area contributed by atoms with Gasteiger partial charge in [-0.2, -0.15) is 0 Å². The number of carbonyl (C=O) groups excluding carboxylic acids is 1. The van der Waals surface area contributed by atoms with Crippen LogP contribution in [0.25, 0.3) is 0 Å². The lowest BCUT2D eigenvalue weighted by Gasteiger charge is -2.40. The first-order chi connectivity index (χ1) is 11.9. The summed E-state index contributed by atoms with van der Waals surface area (Å²) >= 11 is 0. The highest BCUT2D eigenvalue weighted by atomic mass is 16.1. The van der Waals surface area contributed by atoms with Gasteiger partial charge in [0.15, 0.2) is 5.43 Å². The molecule has 1 aromatic carbocycles. The molecule has 0 radical (unpaired) electrons. The van der Waals surface area contributed by atoms with Gasteiger partial charge in [-0.3, -0.25) is 14.5 Å². The normalized spacial score (nSPS) is 17.4. The molecule has 25 heavy (non-hydrogen) atoms. The Morgan fingerprint density at radius 2 is 1.80 bits per heavy atom. The number of H-pyrrole nitrogens is 1. The van der Waals surface area contributed by atoms with E-state index in [0.717, 1.165) is 54.9 Å². The molecule has 0 aliphatic carbocycles. The van der Waals surface area contributed by atoms with Crippen molar-refractivity contribution in [2.45, 2.75) is 45.6 Å². The number of aryl methyl sites for hydroxylation is 1. The van der Waals surface area contributed by atoms with Crippen LogP contribution in [-0.4, -0.2) is 28.8 Å². The molecule has 2 aromatic rings. The molecule has 1 aromatic heterocycles. The van der Waals surface area contributed by atoms with E-state index in [2.05, 4.69) is 22.0 Å². The average Bonchev–Trinajstić information content (AvgIpc) is 2.63. The Kier molecular flexibility index (Phi) is 4.91. The third kappa shape index (κ3) is 3.31. The SMILES string of the molecule is CC(=O)C1(c2ccccc2)CCN(Cc2[nH]cc(C)c(=O)c2C)CC1. The summed E-state index contributed by atoms with van der Waals surface area (Å²) in [6.45, 7) is 7.86. The average molecular weight is 338 g/mol. The van der Waals surface area contributed by atoms with E-state index in [1.54, 1.807) is 13.1 Å². The van der Waals surface area contributed by atoms with Crippen molar-refractivity contribution in [2.24, 2.45) is 0 Å². The zero-order valence-corrected chi connectivity index (χ0v) is 15.3. The maximum Gasteiger partial charge on any atom is 0.187 e. The summed E-state index contributed by atoms with van der Waals surface area (Å²) in [6, 6.07) is 10.1. The first-order valence-corrected chi connectivity index (χ1v) is 8.91. The molecule has 0 spiro atoms. The van der Waals surface area contributed by atoms with E-state index in [1.165, 1.54) is 0 Å². The van der Waals surface area contributed by atoms with Crippen molar-refractivity contribution >= 4 is 5.78 Å². The zero-order valence-electron chi connectivity index (χ0n) is 15.3. The van der Waals surface area contributed by atoms with Gasteiger partial charge in [0.05, 0.1) is 5.41 Å². The fourth-order valence-electron chi connectivity index (χ4n) is 3.88. The summed E-state index contributed by atoms with van der Waals surface area (Å²) < 4.78 is 0. The van der Waals surface area contributed by atoms with Crippen molar-refractivity contribution < 1.29 is 4.79 Å². The van der Waals surface area contributed by atoms with Crippen molar-refractivity contribution in [1.82, 2.24) is 9.88 Å². The van der Waals surface area contributed by atoms with Crippen LogP contribution in [0.4, 0.5) is 0 Å². The minimum Gasteiger partial charge on any atom is -0.363 e. The Morgan fingerprint density at radius 1 is 1.16 bits per heavy atom. The van der Waals surface area contributed by atoms with Crippen LogP contribution in [-0.2, 0) is 16.8 Å². The Balaban J connectivity index is 1.76. The largest absolute Gasteiger partial charge is 0.363 e. The Labute approximate surface area is 148 Å². The third-order valence-electron chi connectivity index (χ3n) is 5.71. The molecular weight excluding hydrogens is 312 g/mol. The number of nitrogens with zero attached hydrogens (tertiary/aromatic N) is 1. The Hall–Kier alpha value is -2.20. The summed E-state index contributed by atoms with van der Waals surface area (Å²) in [6.07, 6.45) is 3.43. The topological polar surface area (TPSA) is 53.2 Å². The number of Topliss-reactive ketones (excluding diaryl/α,β-unsaturated/α-hetero) is 1. The van der Waals surface area contributed by atoms with Gasteiger partial charge >= 0.3 is 0 Å². The summed E-state index contributed by atoms with van der Waals surface area (Å²) in [5.74, 6) is 0.248. The number of benzene rings is 1. The molecule has 4 heteroatoms. The van der Waals surface area contributed by atoms with Gasteiger partial charge in [0.2, 0.25) is 0 Å². The van der Waals surface area contributed by atoms with Crippen LogP contribution < -0.4 is 5.43 Å². The van der Waals surface area contributed by atoms with Gasteiger partial charge in [-0.15, -0.1) is 0 Å². The number of pyridine rings is 1. The second-order valence-corrected chi connectivity index (χ2v) is 7.18. The summed E-state index contributed by atoms with van der Waals surface area (Å²) in [7, 11) is 0. The second-order valence-electron chi connectivity index (χ2n) is 7.18. The van der Waals surface area contributed by atoms with E-state index in [4.69, 9.17) is 0 Å². The van der Waals surface area contributed by atoms with Crippen LogP contribution >= 0.6 is 0 Å². The third-order valence-corrected chi connectivity index (χ3v) is 5.71. The lowest BCUT2D eigenvalue weighted by atomic mass is 9.70. The fourth-order valence-corrected chi connectivity index (χ4v) is 3.88. The molecule has 1 fully saturated rings. The number of ketones is 1. The van der Waals surface area contributed by atoms with Crippen molar-refractivity contribution in [2.75, 3.05) is 13.1 Å². The maximum atomic E-state index is 12.5.